The Balaban J connectivity index is 1.70. The molecule has 2 aliphatic rings. The molecule has 0 aromatic carbocycles. The van der Waals surface area contributed by atoms with Gasteiger partial charge in [-0.25, -0.2) is 0 Å². The van der Waals surface area contributed by atoms with Gasteiger partial charge in [0.2, 0.25) is 0 Å². The molecule has 112 valence electrons. The molecule has 19 heavy (non-hydrogen) atoms. The Labute approximate surface area is 124 Å². The maximum absolute atomic E-state index is 3.67. The van der Waals surface area contributed by atoms with E-state index in [2.05, 4.69) is 49.0 Å². The second-order valence-corrected chi connectivity index (χ2v) is 8.58. The molecular weight excluding hydrogens is 252 g/mol. The molecular formula is C16H32N2S. The lowest BCUT2D eigenvalue weighted by Crippen LogP contribution is -2.41. The maximum Gasteiger partial charge on any atom is 0.00966 e. The summed E-state index contributed by atoms with van der Waals surface area (Å²) < 4.78 is 0. The summed E-state index contributed by atoms with van der Waals surface area (Å²) in [5.74, 6) is 0.873. The Hall–Kier alpha value is 0.270. The molecule has 0 aromatic heterocycles. The fraction of sp³-hybridized carbons (Fsp3) is 1.00. The quantitative estimate of drug-likeness (QED) is 0.852. The van der Waals surface area contributed by atoms with E-state index in [0.29, 0.717) is 0 Å². The van der Waals surface area contributed by atoms with Crippen LogP contribution >= 0.6 is 11.8 Å². The smallest absolute Gasteiger partial charge is 0.00966 e. The summed E-state index contributed by atoms with van der Waals surface area (Å²) in [6, 6.07) is 0.892. The second kappa shape index (κ2) is 6.82. The number of likely N-dealkylation sites (tertiary alicyclic amines) is 1. The van der Waals surface area contributed by atoms with Gasteiger partial charge in [0.15, 0.2) is 0 Å². The summed E-state index contributed by atoms with van der Waals surface area (Å²) in [6.45, 7) is 10.7. The van der Waals surface area contributed by atoms with Gasteiger partial charge in [-0.15, -0.1) is 0 Å². The number of hydrogen-bond donors (Lipinski definition) is 1. The first-order valence-electron chi connectivity index (χ1n) is 8.00. The predicted molar refractivity (Wildman–Crippen MR) is 87.0 cm³/mol. The molecule has 3 heteroatoms. The molecule has 1 atom stereocenters. The normalized spacial score (nSPS) is 33.8. The van der Waals surface area contributed by atoms with Crippen LogP contribution in [0, 0.1) is 5.92 Å². The van der Waals surface area contributed by atoms with Crippen LogP contribution in [0.4, 0.5) is 0 Å². The van der Waals surface area contributed by atoms with Crippen molar-refractivity contribution in [3.8, 4) is 0 Å². The van der Waals surface area contributed by atoms with Crippen molar-refractivity contribution in [2.75, 3.05) is 25.9 Å². The van der Waals surface area contributed by atoms with Crippen molar-refractivity contribution in [3.05, 3.63) is 0 Å². The minimum absolute atomic E-state index is 0.268. The van der Waals surface area contributed by atoms with Crippen molar-refractivity contribution in [3.63, 3.8) is 0 Å². The molecule has 2 nitrogen and oxygen atoms in total. The third-order valence-electron chi connectivity index (χ3n) is 4.73. The number of thioether (sulfide) groups is 1. The lowest BCUT2D eigenvalue weighted by molar-refractivity contribution is 0.186. The molecule has 1 heterocycles. The molecule has 0 aromatic rings. The van der Waals surface area contributed by atoms with Crippen molar-refractivity contribution in [2.45, 2.75) is 69.7 Å². The van der Waals surface area contributed by atoms with E-state index < -0.39 is 0 Å². The van der Waals surface area contributed by atoms with E-state index in [1.807, 2.05) is 0 Å². The topological polar surface area (TPSA) is 15.3 Å². The highest BCUT2D eigenvalue weighted by atomic mass is 32.2. The SMILES string of the molecule is CSC1CCC(N2CCC(CNC(C)(C)C)C2)CC1. The first-order chi connectivity index (χ1) is 8.98. The Bertz CT molecular complexity index is 266. The third-order valence-corrected chi connectivity index (χ3v) is 5.87. The van der Waals surface area contributed by atoms with Crippen molar-refractivity contribution in [2.24, 2.45) is 5.92 Å². The summed E-state index contributed by atoms with van der Waals surface area (Å²) in [5.41, 5.74) is 0.268. The molecule has 0 radical (unpaired) electrons. The monoisotopic (exact) mass is 284 g/mol. The molecule has 2 rings (SSSR count). The van der Waals surface area contributed by atoms with Crippen LogP contribution < -0.4 is 5.32 Å². The van der Waals surface area contributed by atoms with Gasteiger partial charge in [0.25, 0.3) is 0 Å². The molecule has 2 fully saturated rings. The van der Waals surface area contributed by atoms with Gasteiger partial charge < -0.3 is 10.2 Å². The van der Waals surface area contributed by atoms with Crippen LogP contribution in [-0.2, 0) is 0 Å². The molecule has 1 saturated heterocycles. The van der Waals surface area contributed by atoms with Crippen molar-refractivity contribution in [1.82, 2.24) is 10.2 Å². The van der Waals surface area contributed by atoms with Gasteiger partial charge in [-0.3, -0.25) is 0 Å². The zero-order chi connectivity index (χ0) is 13.9. The van der Waals surface area contributed by atoms with Crippen molar-refractivity contribution in [1.29, 1.82) is 0 Å². The van der Waals surface area contributed by atoms with E-state index in [1.54, 1.807) is 0 Å². The molecule has 1 N–H and O–H groups in total. The molecule has 0 bridgehead atoms. The Kier molecular flexibility index (Phi) is 5.62. The second-order valence-electron chi connectivity index (χ2n) is 7.45. The fourth-order valence-electron chi connectivity index (χ4n) is 3.46. The average molecular weight is 285 g/mol. The fourth-order valence-corrected chi connectivity index (χ4v) is 4.20. The third kappa shape index (κ3) is 4.95. The summed E-state index contributed by atoms with van der Waals surface area (Å²) in [7, 11) is 0. The molecule has 1 aliphatic carbocycles. The van der Waals surface area contributed by atoms with Gasteiger partial charge in [-0.2, -0.15) is 11.8 Å². The van der Waals surface area contributed by atoms with E-state index in [1.165, 1.54) is 51.7 Å². The van der Waals surface area contributed by atoms with E-state index in [4.69, 9.17) is 0 Å². The van der Waals surface area contributed by atoms with E-state index in [9.17, 15) is 0 Å². The van der Waals surface area contributed by atoms with Gasteiger partial charge >= 0.3 is 0 Å². The molecule has 0 amide bonds. The zero-order valence-corrected chi connectivity index (χ0v) is 14.1. The predicted octanol–water partition coefficient (Wildman–Crippen LogP) is 3.37. The van der Waals surface area contributed by atoms with Crippen LogP contribution in [0.2, 0.25) is 0 Å². The molecule has 1 saturated carbocycles. The molecule has 1 unspecified atom stereocenters. The number of nitrogens with zero attached hydrogens (tertiary/aromatic N) is 1. The highest BCUT2D eigenvalue weighted by Gasteiger charge is 2.31. The Morgan fingerprint density at radius 3 is 2.37 bits per heavy atom. The molecule has 1 aliphatic heterocycles. The van der Waals surface area contributed by atoms with Gasteiger partial charge in [-0.1, -0.05) is 0 Å². The number of rotatable bonds is 4. The summed E-state index contributed by atoms with van der Waals surface area (Å²) in [6.07, 6.45) is 9.41. The maximum atomic E-state index is 3.67. The van der Waals surface area contributed by atoms with E-state index in [-0.39, 0.29) is 5.54 Å². The Morgan fingerprint density at radius 2 is 1.79 bits per heavy atom. The van der Waals surface area contributed by atoms with Crippen LogP contribution in [0.25, 0.3) is 0 Å². The van der Waals surface area contributed by atoms with Gasteiger partial charge in [-0.05, 0) is 78.1 Å². The van der Waals surface area contributed by atoms with Crippen LogP contribution in [0.5, 0.6) is 0 Å². The number of nitrogens with one attached hydrogen (secondary N) is 1. The average Bonchev–Trinajstić information content (AvgIpc) is 2.84. The van der Waals surface area contributed by atoms with Crippen LogP contribution in [0.3, 0.4) is 0 Å². The Morgan fingerprint density at radius 1 is 1.11 bits per heavy atom. The number of hydrogen-bond acceptors (Lipinski definition) is 3. The lowest BCUT2D eigenvalue weighted by atomic mass is 9.94. The summed E-state index contributed by atoms with van der Waals surface area (Å²) in [5, 5.41) is 4.62. The van der Waals surface area contributed by atoms with Crippen molar-refractivity contribution >= 4 is 11.8 Å². The highest BCUT2D eigenvalue weighted by Crippen LogP contribution is 2.32. The van der Waals surface area contributed by atoms with Gasteiger partial charge in [0.05, 0.1) is 0 Å². The van der Waals surface area contributed by atoms with E-state index >= 15 is 0 Å². The largest absolute Gasteiger partial charge is 0.312 e. The first kappa shape index (κ1) is 15.7. The van der Waals surface area contributed by atoms with E-state index in [0.717, 1.165) is 17.2 Å². The molecule has 0 spiro atoms. The first-order valence-corrected chi connectivity index (χ1v) is 9.28. The van der Waals surface area contributed by atoms with Gasteiger partial charge in [0, 0.05) is 23.4 Å². The highest BCUT2D eigenvalue weighted by molar-refractivity contribution is 7.99. The zero-order valence-electron chi connectivity index (χ0n) is 13.2. The summed E-state index contributed by atoms with van der Waals surface area (Å²) in [4.78, 5) is 2.78. The van der Waals surface area contributed by atoms with Crippen molar-refractivity contribution < 1.29 is 0 Å². The van der Waals surface area contributed by atoms with Crippen LogP contribution in [0.15, 0.2) is 0 Å². The van der Waals surface area contributed by atoms with Gasteiger partial charge in [0.1, 0.15) is 0 Å². The standard InChI is InChI=1S/C16H32N2S/c1-16(2,3)17-11-13-9-10-18(12-13)14-5-7-15(19-4)8-6-14/h13-15,17H,5-12H2,1-4H3. The van der Waals surface area contributed by atoms with Crippen LogP contribution in [-0.4, -0.2) is 47.6 Å². The van der Waals surface area contributed by atoms with Crippen LogP contribution in [0.1, 0.15) is 52.9 Å². The minimum Gasteiger partial charge on any atom is -0.312 e. The lowest BCUT2D eigenvalue weighted by Gasteiger charge is -2.34. The summed E-state index contributed by atoms with van der Waals surface area (Å²) >= 11 is 2.07. The minimum atomic E-state index is 0.268.